The topological polar surface area (TPSA) is 38.0 Å². The van der Waals surface area contributed by atoms with E-state index in [9.17, 15) is 5.11 Å². The largest absolute Gasteiger partial charge is 0.388 e. The Bertz CT molecular complexity index is 450. The Morgan fingerprint density at radius 2 is 2.06 bits per heavy atom. The van der Waals surface area contributed by atoms with Crippen molar-refractivity contribution in [2.75, 3.05) is 0 Å². The minimum atomic E-state index is -0.400. The average molecular weight is 230 g/mol. The minimum Gasteiger partial charge on any atom is -0.388 e. The summed E-state index contributed by atoms with van der Waals surface area (Å²) in [5, 5.41) is 10.0. The van der Waals surface area contributed by atoms with Gasteiger partial charge in [-0.1, -0.05) is 37.3 Å². The van der Waals surface area contributed by atoms with Gasteiger partial charge in [-0.3, -0.25) is 0 Å². The number of hydrogen-bond acceptors (Lipinski definition) is 2. The average Bonchev–Trinajstić information content (AvgIpc) is 2.84. The molecule has 2 rings (SSSR count). The third-order valence-corrected chi connectivity index (χ3v) is 2.95. The summed E-state index contributed by atoms with van der Waals surface area (Å²) in [6.45, 7) is 2.89. The second-order valence-corrected chi connectivity index (χ2v) is 4.11. The van der Waals surface area contributed by atoms with Gasteiger partial charge in [0.2, 0.25) is 0 Å². The second kappa shape index (κ2) is 5.64. The molecule has 3 heteroatoms. The molecule has 1 aromatic heterocycles. The van der Waals surface area contributed by atoms with Crippen LogP contribution in [-0.2, 0) is 13.0 Å². The van der Waals surface area contributed by atoms with Crippen LogP contribution < -0.4 is 0 Å². The van der Waals surface area contributed by atoms with Gasteiger partial charge < -0.3 is 9.67 Å². The van der Waals surface area contributed by atoms with Crippen LogP contribution in [0.25, 0.3) is 0 Å². The zero-order chi connectivity index (χ0) is 12.1. The Balaban J connectivity index is 1.95. The van der Waals surface area contributed by atoms with Gasteiger partial charge in [-0.05, 0) is 12.0 Å². The molecular weight excluding hydrogens is 212 g/mol. The van der Waals surface area contributed by atoms with Crippen molar-refractivity contribution in [3.05, 3.63) is 54.1 Å². The van der Waals surface area contributed by atoms with Crippen LogP contribution in [0.1, 0.15) is 30.8 Å². The summed E-state index contributed by atoms with van der Waals surface area (Å²) < 4.78 is 2.10. The molecule has 0 amide bonds. The molecular formula is C14H18N2O. The lowest BCUT2D eigenvalue weighted by atomic mass is 10.1. The fourth-order valence-electron chi connectivity index (χ4n) is 1.96. The van der Waals surface area contributed by atoms with Crippen LogP contribution >= 0.6 is 0 Å². The van der Waals surface area contributed by atoms with Crippen LogP contribution in [0.3, 0.4) is 0 Å². The Morgan fingerprint density at radius 3 is 2.76 bits per heavy atom. The monoisotopic (exact) mass is 230 g/mol. The second-order valence-electron chi connectivity index (χ2n) is 4.11. The number of aliphatic hydroxyl groups excluding tert-OH is 1. The smallest absolute Gasteiger partial charge is 0.108 e. The number of benzene rings is 1. The fourth-order valence-corrected chi connectivity index (χ4v) is 1.96. The van der Waals surface area contributed by atoms with Crippen molar-refractivity contribution in [1.82, 2.24) is 9.55 Å². The Hall–Kier alpha value is -1.61. The molecule has 17 heavy (non-hydrogen) atoms. The molecule has 1 unspecified atom stereocenters. The number of aryl methyl sites for hydroxylation is 2. The minimum absolute atomic E-state index is 0.400. The zero-order valence-electron chi connectivity index (χ0n) is 10.1. The Labute approximate surface area is 102 Å². The van der Waals surface area contributed by atoms with Crippen LogP contribution in [0.15, 0.2) is 42.7 Å². The van der Waals surface area contributed by atoms with Crippen molar-refractivity contribution < 1.29 is 5.11 Å². The number of hydrogen-bond donors (Lipinski definition) is 1. The Kier molecular flexibility index (Phi) is 3.94. The summed E-state index contributed by atoms with van der Waals surface area (Å²) in [6.07, 6.45) is 5.02. The van der Waals surface area contributed by atoms with Gasteiger partial charge in [0.25, 0.3) is 0 Å². The molecule has 1 atom stereocenters. The molecule has 90 valence electrons. The first-order valence-corrected chi connectivity index (χ1v) is 6.04. The van der Waals surface area contributed by atoms with E-state index in [1.807, 2.05) is 42.7 Å². The van der Waals surface area contributed by atoms with Gasteiger partial charge in [0.15, 0.2) is 0 Å². The molecule has 2 aromatic rings. The quantitative estimate of drug-likeness (QED) is 0.857. The molecule has 0 bridgehead atoms. The number of imidazole rings is 1. The van der Waals surface area contributed by atoms with Gasteiger partial charge >= 0.3 is 0 Å². The van der Waals surface area contributed by atoms with E-state index in [0.717, 1.165) is 24.4 Å². The van der Waals surface area contributed by atoms with E-state index in [1.54, 1.807) is 0 Å². The first-order chi connectivity index (χ1) is 8.31. The van der Waals surface area contributed by atoms with Crippen molar-refractivity contribution in [2.45, 2.75) is 32.4 Å². The van der Waals surface area contributed by atoms with Gasteiger partial charge in [0.1, 0.15) is 5.82 Å². The zero-order valence-corrected chi connectivity index (χ0v) is 10.1. The fraction of sp³-hybridized carbons (Fsp3) is 0.357. The van der Waals surface area contributed by atoms with E-state index in [0.29, 0.717) is 6.42 Å². The highest BCUT2D eigenvalue weighted by molar-refractivity contribution is 5.17. The SMILES string of the molecule is CCc1nccn1CCC(O)c1ccccc1. The molecule has 1 aromatic carbocycles. The van der Waals surface area contributed by atoms with Gasteiger partial charge in [-0.25, -0.2) is 4.98 Å². The highest BCUT2D eigenvalue weighted by Crippen LogP contribution is 2.17. The van der Waals surface area contributed by atoms with Crippen LogP contribution in [0, 0.1) is 0 Å². The maximum Gasteiger partial charge on any atom is 0.108 e. The summed E-state index contributed by atoms with van der Waals surface area (Å²) in [4.78, 5) is 4.27. The highest BCUT2D eigenvalue weighted by Gasteiger charge is 2.08. The molecule has 0 saturated heterocycles. The molecule has 1 heterocycles. The first-order valence-electron chi connectivity index (χ1n) is 6.04. The van der Waals surface area contributed by atoms with Crippen molar-refractivity contribution in [2.24, 2.45) is 0 Å². The number of nitrogens with zero attached hydrogens (tertiary/aromatic N) is 2. The van der Waals surface area contributed by atoms with Crippen molar-refractivity contribution in [1.29, 1.82) is 0 Å². The van der Waals surface area contributed by atoms with E-state index < -0.39 is 6.10 Å². The molecule has 3 nitrogen and oxygen atoms in total. The lowest BCUT2D eigenvalue weighted by Gasteiger charge is -2.12. The van der Waals surface area contributed by atoms with Crippen LogP contribution in [0.4, 0.5) is 0 Å². The first kappa shape index (κ1) is 11.9. The summed E-state index contributed by atoms with van der Waals surface area (Å²) in [7, 11) is 0. The third-order valence-electron chi connectivity index (χ3n) is 2.95. The molecule has 0 aliphatic heterocycles. The van der Waals surface area contributed by atoms with Crippen molar-refractivity contribution in [3.8, 4) is 0 Å². The summed E-state index contributed by atoms with van der Waals surface area (Å²) in [5.41, 5.74) is 0.977. The van der Waals surface area contributed by atoms with Crippen LogP contribution in [0.5, 0.6) is 0 Å². The van der Waals surface area contributed by atoms with Crippen LogP contribution in [0.2, 0.25) is 0 Å². The van der Waals surface area contributed by atoms with Gasteiger partial charge in [0.05, 0.1) is 6.10 Å². The van der Waals surface area contributed by atoms with Gasteiger partial charge in [0, 0.05) is 25.4 Å². The summed E-state index contributed by atoms with van der Waals surface area (Å²) in [5.74, 6) is 1.07. The molecule has 0 saturated carbocycles. The lowest BCUT2D eigenvalue weighted by molar-refractivity contribution is 0.160. The maximum atomic E-state index is 10.0. The maximum absolute atomic E-state index is 10.0. The van der Waals surface area contributed by atoms with E-state index in [-0.39, 0.29) is 0 Å². The highest BCUT2D eigenvalue weighted by atomic mass is 16.3. The van der Waals surface area contributed by atoms with E-state index in [2.05, 4.69) is 16.5 Å². The number of aliphatic hydroxyl groups is 1. The molecule has 0 fully saturated rings. The van der Waals surface area contributed by atoms with Gasteiger partial charge in [-0.2, -0.15) is 0 Å². The third kappa shape index (κ3) is 2.94. The van der Waals surface area contributed by atoms with Crippen LogP contribution in [-0.4, -0.2) is 14.7 Å². The predicted octanol–water partition coefficient (Wildman–Crippen LogP) is 2.57. The van der Waals surface area contributed by atoms with E-state index in [1.165, 1.54) is 0 Å². The predicted molar refractivity (Wildman–Crippen MR) is 67.6 cm³/mol. The molecule has 0 aliphatic rings. The molecule has 0 spiro atoms. The van der Waals surface area contributed by atoms with E-state index >= 15 is 0 Å². The molecule has 1 N–H and O–H groups in total. The Morgan fingerprint density at radius 1 is 1.29 bits per heavy atom. The number of aromatic nitrogens is 2. The normalized spacial score (nSPS) is 12.6. The van der Waals surface area contributed by atoms with E-state index in [4.69, 9.17) is 0 Å². The number of rotatable bonds is 5. The van der Waals surface area contributed by atoms with Crippen molar-refractivity contribution >= 4 is 0 Å². The summed E-state index contributed by atoms with van der Waals surface area (Å²) >= 11 is 0. The van der Waals surface area contributed by atoms with Crippen molar-refractivity contribution in [3.63, 3.8) is 0 Å². The van der Waals surface area contributed by atoms with Gasteiger partial charge in [-0.15, -0.1) is 0 Å². The summed E-state index contributed by atoms with van der Waals surface area (Å²) in [6, 6.07) is 9.78. The lowest BCUT2D eigenvalue weighted by Crippen LogP contribution is -2.06. The molecule has 0 radical (unpaired) electrons. The standard InChI is InChI=1S/C14H18N2O/c1-2-14-15-9-11-16(14)10-8-13(17)12-6-4-3-5-7-12/h3-7,9,11,13,17H,2,8,10H2,1H3. The molecule has 0 aliphatic carbocycles.